The Hall–Kier alpha value is -2.23. The molecule has 1 fully saturated rings. The minimum absolute atomic E-state index is 0.0902. The molecule has 9 heteroatoms. The lowest BCUT2D eigenvalue weighted by Gasteiger charge is -2.18. The molecule has 0 bridgehead atoms. The fourth-order valence-electron chi connectivity index (χ4n) is 3.35. The number of nitrogens with zero attached hydrogens (tertiary/aromatic N) is 4. The third-order valence-corrected chi connectivity index (χ3v) is 6.80. The van der Waals surface area contributed by atoms with Crippen LogP contribution in [0.3, 0.4) is 0 Å². The van der Waals surface area contributed by atoms with Crippen molar-refractivity contribution in [1.82, 2.24) is 19.7 Å². The van der Waals surface area contributed by atoms with Crippen LogP contribution in [0.1, 0.15) is 18.4 Å². The monoisotopic (exact) mass is 446 g/mol. The number of carbonyl (C=O) groups excluding carboxylic acids is 1. The molecule has 1 aromatic carbocycles. The number of carbonyl (C=O) groups is 1. The number of thiophene rings is 1. The van der Waals surface area contributed by atoms with Gasteiger partial charge in [0.15, 0.2) is 11.0 Å². The van der Waals surface area contributed by atoms with Crippen LogP contribution in [0.2, 0.25) is 0 Å². The summed E-state index contributed by atoms with van der Waals surface area (Å²) < 4.78 is 21.7. The zero-order valence-corrected chi connectivity index (χ0v) is 18.3. The average molecular weight is 447 g/mol. The van der Waals surface area contributed by atoms with Gasteiger partial charge in [0.25, 0.3) is 0 Å². The molecule has 0 unspecified atom stereocenters. The Bertz CT molecular complexity index is 987. The van der Waals surface area contributed by atoms with Crippen LogP contribution in [0.4, 0.5) is 4.39 Å². The van der Waals surface area contributed by atoms with Crippen LogP contribution in [0.15, 0.2) is 46.9 Å². The molecular weight excluding hydrogens is 423 g/mol. The number of aromatic nitrogens is 3. The highest BCUT2D eigenvalue weighted by Gasteiger charge is 2.23. The number of benzene rings is 1. The lowest BCUT2D eigenvalue weighted by molar-refractivity contribution is -0.127. The van der Waals surface area contributed by atoms with E-state index < -0.39 is 0 Å². The normalized spacial score (nSPS) is 16.1. The first-order valence-corrected chi connectivity index (χ1v) is 11.7. The molecule has 0 saturated carbocycles. The molecule has 6 nitrogen and oxygen atoms in total. The lowest BCUT2D eigenvalue weighted by Crippen LogP contribution is -2.28. The van der Waals surface area contributed by atoms with Crippen LogP contribution >= 0.6 is 23.1 Å². The molecule has 1 atom stereocenters. The van der Waals surface area contributed by atoms with E-state index in [2.05, 4.69) is 14.8 Å². The minimum Gasteiger partial charge on any atom is -0.376 e. The third-order valence-electron chi connectivity index (χ3n) is 4.98. The van der Waals surface area contributed by atoms with E-state index in [1.54, 1.807) is 36.6 Å². The van der Waals surface area contributed by atoms with Crippen LogP contribution in [-0.2, 0) is 22.6 Å². The smallest absolute Gasteiger partial charge is 0.233 e. The van der Waals surface area contributed by atoms with Crippen LogP contribution < -0.4 is 0 Å². The number of hydrogen-bond acceptors (Lipinski definition) is 6. The zero-order chi connectivity index (χ0) is 20.9. The highest BCUT2D eigenvalue weighted by molar-refractivity contribution is 7.99. The Kier molecular flexibility index (Phi) is 6.81. The standard InChI is InChI=1S/C21H23FN4O2S2/c1-25(12-15-6-2-3-8-17(15)22)19(27)14-30-21-24-23-20(18-9-5-11-29-18)26(21)13-16-7-4-10-28-16/h2-3,5-6,8-9,11,16H,4,7,10,12-14H2,1H3/t16-/m0/s1. The first-order valence-electron chi connectivity index (χ1n) is 9.80. The Morgan fingerprint density at radius 3 is 2.93 bits per heavy atom. The number of ether oxygens (including phenoxy) is 1. The van der Waals surface area contributed by atoms with Gasteiger partial charge in [-0.15, -0.1) is 21.5 Å². The molecule has 3 aromatic rings. The molecule has 1 aliphatic rings. The van der Waals surface area contributed by atoms with E-state index in [9.17, 15) is 9.18 Å². The number of thioether (sulfide) groups is 1. The van der Waals surface area contributed by atoms with Gasteiger partial charge in [-0.2, -0.15) is 0 Å². The van der Waals surface area contributed by atoms with E-state index in [0.29, 0.717) is 17.3 Å². The summed E-state index contributed by atoms with van der Waals surface area (Å²) in [5.41, 5.74) is 0.500. The highest BCUT2D eigenvalue weighted by atomic mass is 32.2. The van der Waals surface area contributed by atoms with Gasteiger partial charge in [0.2, 0.25) is 5.91 Å². The van der Waals surface area contributed by atoms with Crippen LogP contribution in [-0.4, -0.2) is 51.1 Å². The summed E-state index contributed by atoms with van der Waals surface area (Å²) in [6, 6.07) is 10.5. The SMILES string of the molecule is CN(Cc1ccccc1F)C(=O)CSc1nnc(-c2cccs2)n1C[C@@H]1CCCO1. The molecule has 158 valence electrons. The van der Waals surface area contributed by atoms with Crippen molar-refractivity contribution in [2.24, 2.45) is 0 Å². The first kappa shape index (κ1) is 21.0. The Morgan fingerprint density at radius 1 is 1.33 bits per heavy atom. The summed E-state index contributed by atoms with van der Waals surface area (Å²) in [5.74, 6) is 0.614. The molecule has 1 saturated heterocycles. The van der Waals surface area contributed by atoms with Crippen molar-refractivity contribution >= 4 is 29.0 Å². The number of amides is 1. The predicted molar refractivity (Wildman–Crippen MR) is 116 cm³/mol. The molecule has 1 aliphatic heterocycles. The molecule has 3 heterocycles. The van der Waals surface area contributed by atoms with Crippen molar-refractivity contribution in [1.29, 1.82) is 0 Å². The van der Waals surface area contributed by atoms with E-state index in [1.807, 2.05) is 17.5 Å². The van der Waals surface area contributed by atoms with Crippen molar-refractivity contribution in [3.05, 3.63) is 53.2 Å². The van der Waals surface area contributed by atoms with Crippen molar-refractivity contribution in [3.63, 3.8) is 0 Å². The second kappa shape index (κ2) is 9.72. The molecule has 0 aliphatic carbocycles. The molecular formula is C21H23FN4O2S2. The van der Waals surface area contributed by atoms with E-state index in [4.69, 9.17) is 4.74 Å². The minimum atomic E-state index is -0.304. The largest absolute Gasteiger partial charge is 0.376 e. The van der Waals surface area contributed by atoms with E-state index in [1.165, 1.54) is 22.7 Å². The maximum absolute atomic E-state index is 13.9. The van der Waals surface area contributed by atoms with Crippen molar-refractivity contribution in [2.75, 3.05) is 19.4 Å². The van der Waals surface area contributed by atoms with Crippen LogP contribution in [0.25, 0.3) is 10.7 Å². The van der Waals surface area contributed by atoms with Crippen molar-refractivity contribution < 1.29 is 13.9 Å². The molecule has 1 amide bonds. The molecule has 4 rings (SSSR count). The average Bonchev–Trinajstić information content (AvgIpc) is 3.50. The summed E-state index contributed by atoms with van der Waals surface area (Å²) >= 11 is 2.96. The maximum atomic E-state index is 13.9. The maximum Gasteiger partial charge on any atom is 0.233 e. The number of halogens is 1. The van der Waals surface area contributed by atoms with Gasteiger partial charge in [-0.25, -0.2) is 4.39 Å². The Balaban J connectivity index is 1.44. The number of hydrogen-bond donors (Lipinski definition) is 0. The van der Waals surface area contributed by atoms with Gasteiger partial charge >= 0.3 is 0 Å². The van der Waals surface area contributed by atoms with Gasteiger partial charge in [0.05, 0.1) is 23.3 Å². The molecule has 0 radical (unpaired) electrons. The second-order valence-electron chi connectivity index (χ2n) is 7.16. The summed E-state index contributed by atoms with van der Waals surface area (Å²) in [5, 5.41) is 11.4. The van der Waals surface area contributed by atoms with E-state index >= 15 is 0 Å². The molecule has 0 spiro atoms. The van der Waals surface area contributed by atoms with Gasteiger partial charge in [0, 0.05) is 25.8 Å². The lowest BCUT2D eigenvalue weighted by atomic mass is 10.2. The third kappa shape index (κ3) is 4.91. The van der Waals surface area contributed by atoms with Gasteiger partial charge in [-0.05, 0) is 30.4 Å². The first-order chi connectivity index (χ1) is 14.6. The summed E-state index contributed by atoms with van der Waals surface area (Å²) in [6.45, 7) is 1.68. The molecule has 0 N–H and O–H groups in total. The Morgan fingerprint density at radius 2 is 2.20 bits per heavy atom. The molecule has 2 aromatic heterocycles. The van der Waals surface area contributed by atoms with Gasteiger partial charge in [-0.3, -0.25) is 9.36 Å². The van der Waals surface area contributed by atoms with Gasteiger partial charge in [0.1, 0.15) is 5.82 Å². The summed E-state index contributed by atoms with van der Waals surface area (Å²) in [7, 11) is 1.68. The quantitative estimate of drug-likeness (QED) is 0.488. The number of rotatable bonds is 8. The van der Waals surface area contributed by atoms with Gasteiger partial charge < -0.3 is 9.64 Å². The zero-order valence-electron chi connectivity index (χ0n) is 16.7. The molecule has 30 heavy (non-hydrogen) atoms. The fraction of sp³-hybridized carbons (Fsp3) is 0.381. The second-order valence-corrected chi connectivity index (χ2v) is 9.05. The predicted octanol–water partition coefficient (Wildman–Crippen LogP) is 4.08. The van der Waals surface area contributed by atoms with Crippen LogP contribution in [0.5, 0.6) is 0 Å². The van der Waals surface area contributed by atoms with E-state index in [-0.39, 0.29) is 30.1 Å². The highest BCUT2D eigenvalue weighted by Crippen LogP contribution is 2.29. The Labute approximate surface area is 183 Å². The van der Waals surface area contributed by atoms with Crippen molar-refractivity contribution in [2.45, 2.75) is 37.2 Å². The van der Waals surface area contributed by atoms with Gasteiger partial charge in [-0.1, -0.05) is 36.0 Å². The summed E-state index contributed by atoms with van der Waals surface area (Å²) in [4.78, 5) is 15.2. The van der Waals surface area contributed by atoms with Crippen LogP contribution in [0, 0.1) is 5.82 Å². The van der Waals surface area contributed by atoms with Crippen molar-refractivity contribution in [3.8, 4) is 10.7 Å². The van der Waals surface area contributed by atoms with E-state index in [0.717, 1.165) is 30.2 Å². The fourth-order valence-corrected chi connectivity index (χ4v) is 4.95. The topological polar surface area (TPSA) is 60.2 Å². The summed E-state index contributed by atoms with van der Waals surface area (Å²) in [6.07, 6.45) is 2.21.